The Hall–Kier alpha value is -4.29. The van der Waals surface area contributed by atoms with Crippen molar-refractivity contribution >= 4 is 23.6 Å². The van der Waals surface area contributed by atoms with Gasteiger partial charge in [0.05, 0.1) is 18.4 Å². The molecule has 196 valence electrons. The molecule has 1 unspecified atom stereocenters. The first-order chi connectivity index (χ1) is 18.6. The van der Waals surface area contributed by atoms with E-state index in [1.807, 2.05) is 24.3 Å². The maximum Gasteiger partial charge on any atom is 0.415 e. The summed E-state index contributed by atoms with van der Waals surface area (Å²) in [5.41, 5.74) is 2.83. The lowest BCUT2D eigenvalue weighted by molar-refractivity contribution is -0.118. The smallest absolute Gasteiger partial charge is 0.415 e. The summed E-state index contributed by atoms with van der Waals surface area (Å²) in [6, 6.07) is 13.4. The van der Waals surface area contributed by atoms with Crippen LogP contribution in [-0.2, 0) is 16.1 Å². The molecular weight excluding hydrogens is 490 g/mol. The highest BCUT2D eigenvalue weighted by molar-refractivity contribution is 5.95. The number of fused-ring (bicyclic) bond motifs is 1. The quantitative estimate of drug-likeness (QED) is 0.360. The zero-order valence-electron chi connectivity index (χ0n) is 20.6. The molecule has 0 bridgehead atoms. The fraction of sp³-hybridized carbons (Fsp3) is 0.346. The van der Waals surface area contributed by atoms with Gasteiger partial charge in [0.15, 0.2) is 18.2 Å². The van der Waals surface area contributed by atoms with Crippen LogP contribution in [0.15, 0.2) is 48.7 Å². The summed E-state index contributed by atoms with van der Waals surface area (Å²) in [5, 5.41) is 17.6. The molecule has 0 saturated carbocycles. The Morgan fingerprint density at radius 1 is 1.16 bits per heavy atom. The summed E-state index contributed by atoms with van der Waals surface area (Å²) in [6.45, 7) is 3.34. The van der Waals surface area contributed by atoms with Crippen molar-refractivity contribution in [1.29, 1.82) is 0 Å². The second-order valence-electron chi connectivity index (χ2n) is 9.31. The minimum atomic E-state index is -0.459. The van der Waals surface area contributed by atoms with Gasteiger partial charge in [0, 0.05) is 31.3 Å². The number of hydrogen-bond donors (Lipinski definition) is 3. The number of anilines is 2. The van der Waals surface area contributed by atoms with Crippen molar-refractivity contribution in [2.75, 3.05) is 43.0 Å². The molecule has 1 aromatic carbocycles. The fourth-order valence-corrected chi connectivity index (χ4v) is 4.39. The van der Waals surface area contributed by atoms with Gasteiger partial charge in [0.2, 0.25) is 0 Å². The number of amides is 2. The van der Waals surface area contributed by atoms with Crippen LogP contribution in [0.1, 0.15) is 12.0 Å². The van der Waals surface area contributed by atoms with Crippen LogP contribution in [0.5, 0.6) is 11.5 Å². The van der Waals surface area contributed by atoms with Gasteiger partial charge in [-0.3, -0.25) is 9.69 Å². The molecule has 1 atom stereocenters. The van der Waals surface area contributed by atoms with E-state index >= 15 is 0 Å². The van der Waals surface area contributed by atoms with Gasteiger partial charge in [-0.2, -0.15) is 10.2 Å². The van der Waals surface area contributed by atoms with Crippen LogP contribution >= 0.6 is 0 Å². The zero-order chi connectivity index (χ0) is 25.9. The van der Waals surface area contributed by atoms with Gasteiger partial charge in [-0.05, 0) is 36.7 Å². The van der Waals surface area contributed by atoms with E-state index in [-0.39, 0.29) is 24.7 Å². The number of pyridine rings is 1. The molecule has 6 rings (SSSR count). The lowest BCUT2D eigenvalue weighted by atomic mass is 10.1. The van der Waals surface area contributed by atoms with Crippen LogP contribution in [0.3, 0.4) is 0 Å². The lowest BCUT2D eigenvalue weighted by Gasteiger charge is -2.27. The summed E-state index contributed by atoms with van der Waals surface area (Å²) in [5.74, 6) is 1.63. The van der Waals surface area contributed by atoms with E-state index in [1.165, 1.54) is 4.90 Å². The van der Waals surface area contributed by atoms with Crippen molar-refractivity contribution in [2.24, 2.45) is 0 Å². The first-order valence-electron chi connectivity index (χ1n) is 12.5. The molecule has 0 aliphatic carbocycles. The summed E-state index contributed by atoms with van der Waals surface area (Å²) in [7, 11) is 0. The largest absolute Gasteiger partial charge is 0.486 e. The van der Waals surface area contributed by atoms with Gasteiger partial charge >= 0.3 is 6.09 Å². The van der Waals surface area contributed by atoms with Crippen molar-refractivity contribution in [3.8, 4) is 22.8 Å². The van der Waals surface area contributed by atoms with Crippen molar-refractivity contribution in [2.45, 2.75) is 25.2 Å². The maximum absolute atomic E-state index is 12.4. The first-order valence-corrected chi connectivity index (χ1v) is 12.5. The van der Waals surface area contributed by atoms with Gasteiger partial charge in [-0.15, -0.1) is 0 Å². The van der Waals surface area contributed by atoms with E-state index in [4.69, 9.17) is 14.2 Å². The Balaban J connectivity index is 1.00. The predicted octanol–water partition coefficient (Wildman–Crippen LogP) is 1.73. The molecule has 5 heterocycles. The van der Waals surface area contributed by atoms with Crippen LogP contribution < -0.4 is 30.3 Å². The normalized spacial score (nSPS) is 18.7. The van der Waals surface area contributed by atoms with Crippen molar-refractivity contribution in [1.82, 2.24) is 25.8 Å². The molecule has 2 aromatic heterocycles. The fourth-order valence-electron chi connectivity index (χ4n) is 4.39. The van der Waals surface area contributed by atoms with E-state index < -0.39 is 6.09 Å². The molecule has 3 aliphatic rings. The summed E-state index contributed by atoms with van der Waals surface area (Å²) in [4.78, 5) is 29.8. The van der Waals surface area contributed by atoms with Crippen molar-refractivity contribution < 1.29 is 23.8 Å². The van der Waals surface area contributed by atoms with E-state index in [9.17, 15) is 9.59 Å². The average Bonchev–Trinajstić information content (AvgIpc) is 3.29. The lowest BCUT2D eigenvalue weighted by Crippen LogP contribution is -2.50. The molecule has 12 heteroatoms. The Bertz CT molecular complexity index is 1350. The van der Waals surface area contributed by atoms with Gasteiger partial charge < -0.3 is 30.2 Å². The van der Waals surface area contributed by atoms with E-state index in [2.05, 4.69) is 37.2 Å². The first kappa shape index (κ1) is 24.1. The van der Waals surface area contributed by atoms with Crippen LogP contribution in [0.2, 0.25) is 0 Å². The minimum absolute atomic E-state index is 0.0477. The Morgan fingerprint density at radius 2 is 2.08 bits per heavy atom. The minimum Gasteiger partial charge on any atom is -0.486 e. The second kappa shape index (κ2) is 10.6. The highest BCUT2D eigenvalue weighted by Crippen LogP contribution is 2.30. The van der Waals surface area contributed by atoms with Gasteiger partial charge in [-0.25, -0.2) is 9.78 Å². The Morgan fingerprint density at radius 3 is 2.95 bits per heavy atom. The predicted molar refractivity (Wildman–Crippen MR) is 137 cm³/mol. The van der Waals surface area contributed by atoms with Crippen LogP contribution in [-0.4, -0.2) is 72.2 Å². The number of carbonyl (C=O) groups excluding carboxylic acids is 2. The third kappa shape index (κ3) is 5.36. The topological polar surface area (TPSA) is 140 Å². The number of aromatic nitrogens is 3. The Labute approximate surface area is 218 Å². The number of nitrogens with zero attached hydrogens (tertiary/aromatic N) is 4. The number of nitrogens with one attached hydrogen (secondary N) is 3. The molecule has 12 nitrogen and oxygen atoms in total. The van der Waals surface area contributed by atoms with E-state index in [0.29, 0.717) is 49.2 Å². The number of carbonyl (C=O) groups is 2. The van der Waals surface area contributed by atoms with Gasteiger partial charge in [0.25, 0.3) is 5.91 Å². The monoisotopic (exact) mass is 517 g/mol. The number of cyclic esters (lactones) is 1. The molecule has 2 amide bonds. The molecule has 0 spiro atoms. The molecule has 3 aromatic rings. The number of ether oxygens (including phenoxy) is 3. The number of benzene rings is 1. The van der Waals surface area contributed by atoms with Crippen LogP contribution in [0.25, 0.3) is 11.3 Å². The Kier molecular flexibility index (Phi) is 6.71. The van der Waals surface area contributed by atoms with Crippen LogP contribution in [0.4, 0.5) is 16.4 Å². The highest BCUT2D eigenvalue weighted by Gasteiger charge is 2.33. The molecule has 0 radical (unpaired) electrons. The third-order valence-corrected chi connectivity index (χ3v) is 6.48. The SMILES string of the molecule is O=C1COc2ccc(N3CC(CCNCc4cccc(-c5cc(OC6CNC6)cnn5)c4)OC3=O)nc2N1. The van der Waals surface area contributed by atoms with Gasteiger partial charge in [0.1, 0.15) is 23.8 Å². The van der Waals surface area contributed by atoms with Crippen molar-refractivity contribution in [3.05, 3.63) is 54.2 Å². The summed E-state index contributed by atoms with van der Waals surface area (Å²) < 4.78 is 16.8. The van der Waals surface area contributed by atoms with Gasteiger partial charge in [-0.1, -0.05) is 18.2 Å². The number of rotatable bonds is 9. The zero-order valence-corrected chi connectivity index (χ0v) is 20.6. The third-order valence-electron chi connectivity index (χ3n) is 6.48. The van der Waals surface area contributed by atoms with E-state index in [1.54, 1.807) is 18.3 Å². The summed E-state index contributed by atoms with van der Waals surface area (Å²) >= 11 is 0. The standard InChI is InChI=1S/C26H27N7O5/c34-24-15-36-22-4-5-23(30-25(22)31-24)33-14-18(38-26(33)35)6-7-27-10-16-2-1-3-17(8-16)21-9-19(13-29-32-21)37-20-11-28-12-20/h1-5,8-9,13,18,20,27-28H,6-7,10-12,14-15H2,(H,30,31,34). The van der Waals surface area contributed by atoms with Crippen molar-refractivity contribution in [3.63, 3.8) is 0 Å². The molecule has 3 aliphatic heterocycles. The van der Waals surface area contributed by atoms with Crippen LogP contribution in [0, 0.1) is 0 Å². The molecule has 2 fully saturated rings. The molecular formula is C26H27N7O5. The van der Waals surface area contributed by atoms with E-state index in [0.717, 1.165) is 29.9 Å². The maximum atomic E-state index is 12.4. The average molecular weight is 518 g/mol. The molecule has 2 saturated heterocycles. The molecule has 38 heavy (non-hydrogen) atoms. The summed E-state index contributed by atoms with van der Waals surface area (Å²) in [6.07, 6.45) is 1.74. The highest BCUT2D eigenvalue weighted by atomic mass is 16.6. The molecule has 3 N–H and O–H groups in total. The second-order valence-corrected chi connectivity index (χ2v) is 9.31. The number of hydrogen-bond acceptors (Lipinski definition) is 10.